The highest BCUT2D eigenvalue weighted by Crippen LogP contribution is 2.23. The Kier molecular flexibility index (Phi) is 4.40. The van der Waals surface area contributed by atoms with Crippen LogP contribution >= 0.6 is 11.8 Å². The summed E-state index contributed by atoms with van der Waals surface area (Å²) in [5.74, 6) is 0.206. The molecule has 0 aliphatic carbocycles. The van der Waals surface area contributed by atoms with Gasteiger partial charge >= 0.3 is 5.97 Å². The smallest absolute Gasteiger partial charge is 0.341 e. The predicted octanol–water partition coefficient (Wildman–Crippen LogP) is 2.99. The summed E-state index contributed by atoms with van der Waals surface area (Å²) in [7, 11) is 1.36. The van der Waals surface area contributed by atoms with E-state index in [0.717, 1.165) is 16.5 Å². The zero-order valence-corrected chi connectivity index (χ0v) is 14.8. The maximum Gasteiger partial charge on any atom is 0.341 e. The van der Waals surface area contributed by atoms with Crippen LogP contribution in [0.2, 0.25) is 0 Å². The summed E-state index contributed by atoms with van der Waals surface area (Å²) in [6, 6.07) is 13.4. The molecule has 0 unspecified atom stereocenters. The number of rotatable bonds is 5. The van der Waals surface area contributed by atoms with Crippen molar-refractivity contribution >= 4 is 23.4 Å². The lowest BCUT2D eigenvalue weighted by molar-refractivity contribution is 0.0602. The maximum absolute atomic E-state index is 11.9. The van der Waals surface area contributed by atoms with Gasteiger partial charge in [0.2, 0.25) is 0 Å². The van der Waals surface area contributed by atoms with Crippen LogP contribution in [0.15, 0.2) is 66.3 Å². The number of carbonyl (C=O) groups excluding carboxylic acids is 1. The molecular formula is C18H15N5O2S. The number of aromatic nitrogens is 5. The van der Waals surface area contributed by atoms with Gasteiger partial charge in [-0.1, -0.05) is 30.0 Å². The van der Waals surface area contributed by atoms with Gasteiger partial charge in [-0.05, 0) is 24.3 Å². The SMILES string of the molecule is COC(=O)c1cccn2cc(CSc3nncn3-c3ccccc3)nc12. The van der Waals surface area contributed by atoms with E-state index in [4.69, 9.17) is 4.74 Å². The second kappa shape index (κ2) is 7.01. The lowest BCUT2D eigenvalue weighted by Gasteiger charge is -2.04. The van der Waals surface area contributed by atoms with Gasteiger partial charge in [-0.2, -0.15) is 0 Å². The van der Waals surface area contributed by atoms with E-state index in [-0.39, 0.29) is 0 Å². The highest BCUT2D eigenvalue weighted by molar-refractivity contribution is 7.98. The highest BCUT2D eigenvalue weighted by atomic mass is 32.2. The van der Waals surface area contributed by atoms with Gasteiger partial charge in [0, 0.05) is 23.8 Å². The molecule has 0 bridgehead atoms. The first-order valence-corrected chi connectivity index (χ1v) is 8.88. The van der Waals surface area contributed by atoms with Crippen molar-refractivity contribution in [2.45, 2.75) is 10.9 Å². The molecule has 0 saturated heterocycles. The van der Waals surface area contributed by atoms with Crippen LogP contribution in [0.25, 0.3) is 11.3 Å². The number of benzene rings is 1. The Morgan fingerprint density at radius 2 is 2.04 bits per heavy atom. The van der Waals surface area contributed by atoms with Crippen LogP contribution in [0.5, 0.6) is 0 Å². The van der Waals surface area contributed by atoms with E-state index < -0.39 is 5.97 Å². The fourth-order valence-electron chi connectivity index (χ4n) is 2.63. The van der Waals surface area contributed by atoms with Gasteiger partial charge in [-0.3, -0.25) is 4.57 Å². The first-order valence-electron chi connectivity index (χ1n) is 7.89. The van der Waals surface area contributed by atoms with Crippen LogP contribution < -0.4 is 0 Å². The van der Waals surface area contributed by atoms with Gasteiger partial charge in [0.25, 0.3) is 0 Å². The monoisotopic (exact) mass is 365 g/mol. The fourth-order valence-corrected chi connectivity index (χ4v) is 3.44. The molecule has 8 heteroatoms. The summed E-state index contributed by atoms with van der Waals surface area (Å²) in [6.07, 6.45) is 5.45. The third kappa shape index (κ3) is 3.06. The Hall–Kier alpha value is -3.13. The Morgan fingerprint density at radius 1 is 1.19 bits per heavy atom. The van der Waals surface area contributed by atoms with Crippen molar-refractivity contribution in [3.05, 3.63) is 72.4 Å². The summed E-state index contributed by atoms with van der Waals surface area (Å²) in [4.78, 5) is 16.4. The number of methoxy groups -OCH3 is 1. The van der Waals surface area contributed by atoms with Crippen molar-refractivity contribution in [1.29, 1.82) is 0 Å². The van der Waals surface area contributed by atoms with Gasteiger partial charge < -0.3 is 9.14 Å². The average Bonchev–Trinajstić information content (AvgIpc) is 3.32. The van der Waals surface area contributed by atoms with Crippen molar-refractivity contribution in [2.24, 2.45) is 0 Å². The van der Waals surface area contributed by atoms with E-state index in [1.165, 1.54) is 18.9 Å². The lowest BCUT2D eigenvalue weighted by Crippen LogP contribution is -2.03. The van der Waals surface area contributed by atoms with E-state index in [9.17, 15) is 4.79 Å². The first kappa shape index (κ1) is 16.3. The summed E-state index contributed by atoms with van der Waals surface area (Å²) in [6.45, 7) is 0. The number of imidazole rings is 1. The van der Waals surface area contributed by atoms with Crippen LogP contribution in [-0.2, 0) is 10.5 Å². The number of carbonyl (C=O) groups is 1. The standard InChI is InChI=1S/C18H15N5O2S/c1-25-17(24)15-8-5-9-22-10-13(20-16(15)22)11-26-18-21-19-12-23(18)14-6-3-2-4-7-14/h2-10,12H,11H2,1H3. The fraction of sp³-hybridized carbons (Fsp3) is 0.111. The Balaban J connectivity index is 1.58. The van der Waals surface area contributed by atoms with Crippen molar-refractivity contribution in [1.82, 2.24) is 24.1 Å². The topological polar surface area (TPSA) is 74.3 Å². The van der Waals surface area contributed by atoms with Crippen LogP contribution in [0.3, 0.4) is 0 Å². The molecule has 4 aromatic rings. The number of thioether (sulfide) groups is 1. The van der Waals surface area contributed by atoms with Gasteiger partial charge in [0.05, 0.1) is 12.8 Å². The molecule has 0 aliphatic heterocycles. The molecule has 3 heterocycles. The van der Waals surface area contributed by atoms with Gasteiger partial charge in [-0.25, -0.2) is 9.78 Å². The zero-order chi connectivity index (χ0) is 17.9. The molecule has 130 valence electrons. The number of para-hydroxylation sites is 1. The number of fused-ring (bicyclic) bond motifs is 1. The molecule has 4 rings (SSSR count). The normalized spacial score (nSPS) is 11.0. The average molecular weight is 365 g/mol. The molecule has 1 aromatic carbocycles. The summed E-state index contributed by atoms with van der Waals surface area (Å²) in [5.41, 5.74) is 2.87. The van der Waals surface area contributed by atoms with Crippen LogP contribution in [0.4, 0.5) is 0 Å². The van der Waals surface area contributed by atoms with Gasteiger partial charge in [0.1, 0.15) is 11.9 Å². The van der Waals surface area contributed by atoms with E-state index in [0.29, 0.717) is 17.0 Å². The van der Waals surface area contributed by atoms with Crippen LogP contribution in [-0.4, -0.2) is 37.2 Å². The third-order valence-electron chi connectivity index (χ3n) is 3.84. The molecule has 3 aromatic heterocycles. The molecule has 0 atom stereocenters. The highest BCUT2D eigenvalue weighted by Gasteiger charge is 2.14. The summed E-state index contributed by atoms with van der Waals surface area (Å²) < 4.78 is 8.57. The number of hydrogen-bond donors (Lipinski definition) is 0. The second-order valence-corrected chi connectivity index (χ2v) is 6.43. The molecular weight excluding hydrogens is 350 g/mol. The molecule has 0 spiro atoms. The minimum atomic E-state index is -0.399. The Labute approximate surface area is 153 Å². The molecule has 7 nitrogen and oxygen atoms in total. The number of hydrogen-bond acceptors (Lipinski definition) is 6. The third-order valence-corrected chi connectivity index (χ3v) is 4.81. The van der Waals surface area contributed by atoms with Crippen molar-refractivity contribution in [2.75, 3.05) is 7.11 Å². The molecule has 0 fully saturated rings. The maximum atomic E-state index is 11.9. The molecule has 0 amide bonds. The van der Waals surface area contributed by atoms with Crippen LogP contribution in [0.1, 0.15) is 16.1 Å². The molecule has 0 radical (unpaired) electrons. The number of nitrogens with zero attached hydrogens (tertiary/aromatic N) is 5. The minimum absolute atomic E-state index is 0.399. The van der Waals surface area contributed by atoms with E-state index in [2.05, 4.69) is 15.2 Å². The van der Waals surface area contributed by atoms with Gasteiger partial charge in [-0.15, -0.1) is 10.2 Å². The largest absolute Gasteiger partial charge is 0.465 e. The Morgan fingerprint density at radius 3 is 2.85 bits per heavy atom. The molecule has 0 saturated carbocycles. The first-order chi connectivity index (χ1) is 12.8. The number of pyridine rings is 1. The minimum Gasteiger partial charge on any atom is -0.465 e. The van der Waals surface area contributed by atoms with E-state index in [1.807, 2.05) is 51.7 Å². The Bertz CT molecular complexity index is 1060. The summed E-state index contributed by atoms with van der Waals surface area (Å²) >= 11 is 1.53. The number of esters is 1. The van der Waals surface area contributed by atoms with E-state index >= 15 is 0 Å². The molecule has 0 aliphatic rings. The second-order valence-electron chi connectivity index (χ2n) is 5.48. The predicted molar refractivity (Wildman–Crippen MR) is 97.5 cm³/mol. The number of ether oxygens (including phenoxy) is 1. The quantitative estimate of drug-likeness (QED) is 0.400. The molecule has 26 heavy (non-hydrogen) atoms. The van der Waals surface area contributed by atoms with Crippen LogP contribution in [0, 0.1) is 0 Å². The van der Waals surface area contributed by atoms with Crippen molar-refractivity contribution < 1.29 is 9.53 Å². The zero-order valence-electron chi connectivity index (χ0n) is 13.9. The summed E-state index contributed by atoms with van der Waals surface area (Å²) in [5, 5.41) is 8.97. The molecule has 0 N–H and O–H groups in total. The van der Waals surface area contributed by atoms with E-state index in [1.54, 1.807) is 18.5 Å². The van der Waals surface area contributed by atoms with Crippen molar-refractivity contribution in [3.63, 3.8) is 0 Å². The lowest BCUT2D eigenvalue weighted by atomic mass is 10.3. The van der Waals surface area contributed by atoms with Gasteiger partial charge in [0.15, 0.2) is 10.8 Å². The van der Waals surface area contributed by atoms with Crippen molar-refractivity contribution in [3.8, 4) is 5.69 Å².